The smallest absolute Gasteiger partial charge is 0.149 e. The highest BCUT2D eigenvalue weighted by atomic mass is 16.3. The van der Waals surface area contributed by atoms with Crippen LogP contribution in [-0.4, -0.2) is 24.6 Å². The average molecular weight is 871 g/mol. The van der Waals surface area contributed by atoms with E-state index in [9.17, 15) is 5.11 Å². The van der Waals surface area contributed by atoms with Crippen molar-refractivity contribution in [1.29, 1.82) is 0 Å². The van der Waals surface area contributed by atoms with E-state index < -0.39 is 0 Å². The van der Waals surface area contributed by atoms with Gasteiger partial charge in [0.25, 0.3) is 0 Å². The molecular formula is C62H54N4O. The predicted octanol–water partition coefficient (Wildman–Crippen LogP) is 16.1. The molecule has 0 radical (unpaired) electrons. The maximum absolute atomic E-state index is 12.5. The quantitative estimate of drug-likeness (QED) is 0.165. The van der Waals surface area contributed by atoms with Crippen molar-refractivity contribution in [2.75, 3.05) is 0 Å². The Hall–Kier alpha value is -7.89. The first-order chi connectivity index (χ1) is 32.3. The van der Waals surface area contributed by atoms with E-state index in [1.54, 1.807) is 0 Å². The molecule has 0 aliphatic heterocycles. The molecule has 0 aliphatic carbocycles. The maximum atomic E-state index is 12.5. The Balaban J connectivity index is 1.21. The van der Waals surface area contributed by atoms with Crippen molar-refractivity contribution >= 4 is 11.0 Å². The van der Waals surface area contributed by atoms with Crippen LogP contribution in [-0.2, 0) is 10.8 Å². The monoisotopic (exact) mass is 870 g/mol. The molecule has 0 amide bonds. The highest BCUT2D eigenvalue weighted by Crippen LogP contribution is 2.45. The SMILES string of the molecule is Cc1cnc(-c2cc(-c3ccccc3)cc(-c3nccc4c3nc(-c3cc(C(C)(C)C)cc(C(C)(C)C)c3O)n4-c3ccccc3-c3ccccc3)c2)cc1-c1ccc(-c2ccccc2)cc1. The van der Waals surface area contributed by atoms with E-state index in [-0.39, 0.29) is 16.6 Å². The summed E-state index contributed by atoms with van der Waals surface area (Å²) in [5.41, 5.74) is 18.2. The predicted molar refractivity (Wildman–Crippen MR) is 279 cm³/mol. The number of fused-ring (bicyclic) bond motifs is 1. The van der Waals surface area contributed by atoms with Crippen LogP contribution >= 0.6 is 0 Å². The second-order valence-electron chi connectivity index (χ2n) is 19.6. The minimum absolute atomic E-state index is 0.197. The first-order valence-corrected chi connectivity index (χ1v) is 23.1. The van der Waals surface area contributed by atoms with Crippen molar-refractivity contribution in [3.8, 4) is 89.8 Å². The molecule has 0 saturated heterocycles. The molecule has 7 aromatic carbocycles. The molecular weight excluding hydrogens is 817 g/mol. The molecule has 0 spiro atoms. The first-order valence-electron chi connectivity index (χ1n) is 23.1. The van der Waals surface area contributed by atoms with Gasteiger partial charge in [0, 0.05) is 34.6 Å². The van der Waals surface area contributed by atoms with E-state index in [2.05, 4.69) is 211 Å². The third kappa shape index (κ3) is 8.34. The Morgan fingerprint density at radius 3 is 1.67 bits per heavy atom. The number of rotatable bonds is 8. The van der Waals surface area contributed by atoms with Crippen LogP contribution in [0.3, 0.4) is 0 Å². The topological polar surface area (TPSA) is 63.8 Å². The Kier molecular flexibility index (Phi) is 11.0. The van der Waals surface area contributed by atoms with Crippen molar-refractivity contribution in [2.24, 2.45) is 0 Å². The summed E-state index contributed by atoms with van der Waals surface area (Å²) in [6.45, 7) is 15.2. The number of aryl methyl sites for hydroxylation is 1. The number of hydrogen-bond acceptors (Lipinski definition) is 4. The Morgan fingerprint density at radius 1 is 0.463 bits per heavy atom. The van der Waals surface area contributed by atoms with Crippen molar-refractivity contribution in [2.45, 2.75) is 59.3 Å². The number of para-hydroxylation sites is 1. The lowest BCUT2D eigenvalue weighted by Gasteiger charge is -2.27. The summed E-state index contributed by atoms with van der Waals surface area (Å²) < 4.78 is 2.22. The fourth-order valence-corrected chi connectivity index (χ4v) is 9.16. The maximum Gasteiger partial charge on any atom is 0.149 e. The Morgan fingerprint density at radius 2 is 1.01 bits per heavy atom. The number of hydrogen-bond donors (Lipinski definition) is 1. The summed E-state index contributed by atoms with van der Waals surface area (Å²) in [6.07, 6.45) is 3.86. The molecule has 3 aromatic heterocycles. The largest absolute Gasteiger partial charge is 0.507 e. The Labute approximate surface area is 394 Å². The zero-order chi connectivity index (χ0) is 46.5. The van der Waals surface area contributed by atoms with Gasteiger partial charge in [0.2, 0.25) is 0 Å². The molecule has 1 N–H and O–H groups in total. The van der Waals surface area contributed by atoms with Crippen LogP contribution < -0.4 is 0 Å². The van der Waals surface area contributed by atoms with Crippen LogP contribution in [0.4, 0.5) is 0 Å². The third-order valence-electron chi connectivity index (χ3n) is 12.8. The van der Waals surface area contributed by atoms with E-state index in [1.807, 2.05) is 36.7 Å². The third-order valence-corrected chi connectivity index (χ3v) is 12.8. The van der Waals surface area contributed by atoms with Gasteiger partial charge in [0.1, 0.15) is 17.1 Å². The molecule has 10 rings (SSSR count). The lowest BCUT2D eigenvalue weighted by Crippen LogP contribution is -2.17. The molecule has 0 bridgehead atoms. The van der Waals surface area contributed by atoms with Crippen LogP contribution in [0.1, 0.15) is 58.2 Å². The van der Waals surface area contributed by atoms with Gasteiger partial charge < -0.3 is 5.11 Å². The molecule has 328 valence electrons. The number of pyridine rings is 2. The normalized spacial score (nSPS) is 11.9. The van der Waals surface area contributed by atoms with Gasteiger partial charge in [-0.25, -0.2) is 4.98 Å². The van der Waals surface area contributed by atoms with Gasteiger partial charge in [-0.3, -0.25) is 14.5 Å². The van der Waals surface area contributed by atoms with Crippen molar-refractivity contribution in [3.05, 3.63) is 211 Å². The summed E-state index contributed by atoms with van der Waals surface area (Å²) >= 11 is 0. The molecule has 0 saturated carbocycles. The van der Waals surface area contributed by atoms with E-state index in [4.69, 9.17) is 15.0 Å². The number of imidazole rings is 1. The van der Waals surface area contributed by atoms with E-state index in [0.717, 1.165) is 89.3 Å². The van der Waals surface area contributed by atoms with E-state index in [0.29, 0.717) is 11.4 Å². The summed E-state index contributed by atoms with van der Waals surface area (Å²) in [6, 6.07) is 63.8. The van der Waals surface area contributed by atoms with Crippen molar-refractivity contribution in [3.63, 3.8) is 0 Å². The summed E-state index contributed by atoms with van der Waals surface area (Å²) in [5.74, 6) is 0.873. The Bertz CT molecular complexity index is 3410. The molecule has 3 heterocycles. The molecule has 67 heavy (non-hydrogen) atoms. The standard InChI is InChI=1S/C62H54N4O/c1-40-39-64-54(38-51(40)45-29-27-43(28-30-45)41-19-11-8-12-20-41)47-33-46(42-21-13-9-14-22-42)34-48(35-47)57-58-56(31-32-63-57)66(55-26-18-17-25-50(55)44-23-15-10-16-24-44)60(65-58)52-36-49(61(2,3)4)37-53(59(52)67)62(5,6)7/h8-39,67H,1-7H3. The van der Waals surface area contributed by atoms with Gasteiger partial charge in [-0.1, -0.05) is 181 Å². The van der Waals surface area contributed by atoms with Gasteiger partial charge >= 0.3 is 0 Å². The number of aromatic hydroxyl groups is 1. The second-order valence-corrected chi connectivity index (χ2v) is 19.6. The number of nitrogens with zero attached hydrogens (tertiary/aromatic N) is 4. The lowest BCUT2D eigenvalue weighted by molar-refractivity contribution is 0.446. The van der Waals surface area contributed by atoms with Crippen molar-refractivity contribution < 1.29 is 5.11 Å². The molecule has 0 unspecified atom stereocenters. The van der Waals surface area contributed by atoms with Crippen LogP contribution in [0.15, 0.2) is 194 Å². The molecule has 5 nitrogen and oxygen atoms in total. The first kappa shape index (κ1) is 43.0. The average Bonchev–Trinajstić information content (AvgIpc) is 3.74. The molecule has 10 aromatic rings. The summed E-state index contributed by atoms with van der Waals surface area (Å²) in [5, 5.41) is 12.5. The van der Waals surface area contributed by atoms with Gasteiger partial charge in [0.05, 0.1) is 28.2 Å². The highest BCUT2D eigenvalue weighted by Gasteiger charge is 2.29. The molecule has 0 aliphatic rings. The minimum Gasteiger partial charge on any atom is -0.507 e. The number of benzene rings is 7. The zero-order valence-corrected chi connectivity index (χ0v) is 39.2. The zero-order valence-electron chi connectivity index (χ0n) is 39.2. The van der Waals surface area contributed by atoms with Gasteiger partial charge in [-0.05, 0) is 110 Å². The minimum atomic E-state index is -0.338. The second kappa shape index (κ2) is 17.2. The fourth-order valence-electron chi connectivity index (χ4n) is 9.16. The van der Waals surface area contributed by atoms with E-state index in [1.165, 1.54) is 11.1 Å². The van der Waals surface area contributed by atoms with Crippen LogP contribution in [0, 0.1) is 6.92 Å². The highest BCUT2D eigenvalue weighted by molar-refractivity contribution is 5.97. The summed E-state index contributed by atoms with van der Waals surface area (Å²) in [4.78, 5) is 15.8. The van der Waals surface area contributed by atoms with Gasteiger partial charge in [-0.15, -0.1) is 0 Å². The van der Waals surface area contributed by atoms with E-state index >= 15 is 0 Å². The van der Waals surface area contributed by atoms with Crippen LogP contribution in [0.5, 0.6) is 5.75 Å². The van der Waals surface area contributed by atoms with Crippen LogP contribution in [0.2, 0.25) is 0 Å². The molecule has 5 heteroatoms. The molecule has 0 atom stereocenters. The van der Waals surface area contributed by atoms with Gasteiger partial charge in [0.15, 0.2) is 0 Å². The van der Waals surface area contributed by atoms with Crippen molar-refractivity contribution in [1.82, 2.24) is 19.5 Å². The van der Waals surface area contributed by atoms with Gasteiger partial charge in [-0.2, -0.15) is 0 Å². The molecule has 0 fully saturated rings. The lowest BCUT2D eigenvalue weighted by atomic mass is 9.79. The van der Waals surface area contributed by atoms with Crippen LogP contribution in [0.25, 0.3) is 95.1 Å². The fraction of sp³-hybridized carbons (Fsp3) is 0.145. The summed E-state index contributed by atoms with van der Waals surface area (Å²) in [7, 11) is 0. The number of phenolic OH excluding ortho intramolecular Hbond substituents is 1. The number of phenols is 1. The number of aromatic nitrogens is 4.